The van der Waals surface area contributed by atoms with E-state index in [1.54, 1.807) is 18.2 Å². The third-order valence-corrected chi connectivity index (χ3v) is 6.61. The highest BCUT2D eigenvalue weighted by atomic mass is 35.5. The minimum atomic E-state index is -0.693. The van der Waals surface area contributed by atoms with Crippen LogP contribution < -0.4 is 15.8 Å². The van der Waals surface area contributed by atoms with E-state index in [1.807, 2.05) is 35.9 Å². The van der Waals surface area contributed by atoms with Crippen molar-refractivity contribution in [2.45, 2.75) is 32.1 Å². The quantitative estimate of drug-likeness (QED) is 0.385. The van der Waals surface area contributed by atoms with E-state index in [-0.39, 0.29) is 11.7 Å². The zero-order valence-corrected chi connectivity index (χ0v) is 19.5. The maximum Gasteiger partial charge on any atom is 0.439 e. The lowest BCUT2D eigenvalue weighted by Crippen LogP contribution is -2.17. The highest BCUT2D eigenvalue weighted by Crippen LogP contribution is 2.32. The molecule has 0 aliphatic heterocycles. The Labute approximate surface area is 200 Å². The molecule has 1 aliphatic carbocycles. The number of nitrogens with zero attached hydrogens (tertiary/aromatic N) is 2. The molecule has 0 bridgehead atoms. The molecule has 34 heavy (non-hydrogen) atoms. The van der Waals surface area contributed by atoms with Gasteiger partial charge in [-0.25, -0.2) is 4.79 Å². The Morgan fingerprint density at radius 1 is 1.24 bits per heavy atom. The molecule has 0 spiro atoms. The number of benzene rings is 2. The van der Waals surface area contributed by atoms with Crippen LogP contribution in [0.25, 0.3) is 22.3 Å². The van der Waals surface area contributed by atoms with Crippen molar-refractivity contribution < 1.29 is 14.1 Å². The van der Waals surface area contributed by atoms with Crippen LogP contribution >= 0.6 is 11.6 Å². The van der Waals surface area contributed by atoms with Gasteiger partial charge in [0.25, 0.3) is 5.91 Å². The molecule has 1 aliphatic rings. The maximum atomic E-state index is 13.3. The van der Waals surface area contributed by atoms with Crippen molar-refractivity contribution in [3.8, 4) is 17.1 Å². The lowest BCUT2D eigenvalue weighted by atomic mass is 9.90. The molecule has 4 aromatic rings. The number of H-pyrrole nitrogens is 1. The highest BCUT2D eigenvalue weighted by molar-refractivity contribution is 6.31. The molecule has 0 saturated heterocycles. The lowest BCUT2D eigenvalue weighted by Gasteiger charge is -2.22. The summed E-state index contributed by atoms with van der Waals surface area (Å²) in [6.07, 6.45) is 6.25. The predicted octanol–water partition coefficient (Wildman–Crippen LogP) is 5.39. The zero-order valence-electron chi connectivity index (χ0n) is 18.8. The van der Waals surface area contributed by atoms with Gasteiger partial charge < -0.3 is 14.6 Å². The number of carbonyl (C=O) groups excluding carboxylic acids is 1. The summed E-state index contributed by atoms with van der Waals surface area (Å²) in [4.78, 5) is 27.2. The number of ether oxygens (including phenoxy) is 1. The molecule has 1 amide bonds. The van der Waals surface area contributed by atoms with Crippen molar-refractivity contribution >= 4 is 34.1 Å². The number of para-hydroxylation sites is 1. The first kappa shape index (κ1) is 22.3. The first-order valence-electron chi connectivity index (χ1n) is 11.4. The average molecular weight is 481 g/mol. The molecule has 2 aromatic heterocycles. The van der Waals surface area contributed by atoms with Crippen LogP contribution in [-0.4, -0.2) is 27.2 Å². The van der Waals surface area contributed by atoms with Crippen LogP contribution in [0.2, 0.25) is 5.02 Å². The van der Waals surface area contributed by atoms with Gasteiger partial charge >= 0.3 is 5.76 Å². The van der Waals surface area contributed by atoms with Crippen molar-refractivity contribution in [3.05, 3.63) is 63.7 Å². The van der Waals surface area contributed by atoms with Crippen molar-refractivity contribution in [3.63, 3.8) is 0 Å². The second-order valence-corrected chi connectivity index (χ2v) is 9.12. The SMILES string of the molecule is Cn1c(C(=O)Nc2ccc(Cl)cc2-c2noc(=O)[nH]2)cc2cccc(OCC3CCCCC3)c21. The van der Waals surface area contributed by atoms with Gasteiger partial charge in [-0.2, -0.15) is 0 Å². The van der Waals surface area contributed by atoms with Crippen LogP contribution in [0.4, 0.5) is 5.69 Å². The van der Waals surface area contributed by atoms with Crippen LogP contribution in [0.15, 0.2) is 51.8 Å². The van der Waals surface area contributed by atoms with Gasteiger partial charge in [-0.05, 0) is 49.1 Å². The molecule has 0 unspecified atom stereocenters. The number of carbonyl (C=O) groups is 1. The van der Waals surface area contributed by atoms with Crippen LogP contribution in [-0.2, 0) is 7.05 Å². The number of aryl methyl sites for hydroxylation is 1. The molecule has 2 aromatic carbocycles. The molecule has 5 rings (SSSR count). The molecule has 0 atom stereocenters. The third-order valence-electron chi connectivity index (χ3n) is 6.38. The Balaban J connectivity index is 1.42. The molecule has 2 heterocycles. The summed E-state index contributed by atoms with van der Waals surface area (Å²) in [6.45, 7) is 0.690. The molecule has 9 heteroatoms. The number of hydrogen-bond donors (Lipinski definition) is 2. The fourth-order valence-electron chi connectivity index (χ4n) is 4.63. The van der Waals surface area contributed by atoms with Gasteiger partial charge in [0.15, 0.2) is 5.82 Å². The first-order valence-corrected chi connectivity index (χ1v) is 11.8. The Hall–Kier alpha value is -3.52. The van der Waals surface area contributed by atoms with E-state index in [0.29, 0.717) is 34.5 Å². The summed E-state index contributed by atoms with van der Waals surface area (Å²) >= 11 is 6.13. The fourth-order valence-corrected chi connectivity index (χ4v) is 4.80. The Morgan fingerprint density at radius 3 is 2.82 bits per heavy atom. The summed E-state index contributed by atoms with van der Waals surface area (Å²) in [6, 6.07) is 12.6. The third kappa shape index (κ3) is 4.46. The van der Waals surface area contributed by atoms with Crippen molar-refractivity contribution in [1.82, 2.24) is 14.7 Å². The number of halogens is 1. The van der Waals surface area contributed by atoms with Crippen LogP contribution in [0.1, 0.15) is 42.6 Å². The summed E-state index contributed by atoms with van der Waals surface area (Å²) in [7, 11) is 1.85. The number of hydrogen-bond acceptors (Lipinski definition) is 5. The summed E-state index contributed by atoms with van der Waals surface area (Å²) < 4.78 is 12.7. The molecule has 1 fully saturated rings. The van der Waals surface area contributed by atoms with Gasteiger partial charge in [-0.3, -0.25) is 14.3 Å². The summed E-state index contributed by atoms with van der Waals surface area (Å²) in [5, 5.41) is 7.97. The number of anilines is 1. The summed E-state index contributed by atoms with van der Waals surface area (Å²) in [5.41, 5.74) is 2.24. The van der Waals surface area contributed by atoms with Gasteiger partial charge in [0, 0.05) is 23.0 Å². The topological polar surface area (TPSA) is 102 Å². The van der Waals surface area contributed by atoms with Gasteiger partial charge in [-0.1, -0.05) is 48.2 Å². The van der Waals surface area contributed by atoms with Crippen molar-refractivity contribution in [2.24, 2.45) is 13.0 Å². The van der Waals surface area contributed by atoms with Gasteiger partial charge in [-0.15, -0.1) is 0 Å². The van der Waals surface area contributed by atoms with Crippen LogP contribution in [0.3, 0.4) is 0 Å². The second-order valence-electron chi connectivity index (χ2n) is 8.69. The summed E-state index contributed by atoms with van der Waals surface area (Å²) in [5.74, 6) is 0.529. The monoisotopic (exact) mass is 480 g/mol. The van der Waals surface area contributed by atoms with Crippen LogP contribution in [0, 0.1) is 5.92 Å². The van der Waals surface area contributed by atoms with E-state index < -0.39 is 5.76 Å². The Bertz CT molecular complexity index is 1400. The predicted molar refractivity (Wildman–Crippen MR) is 131 cm³/mol. The molecule has 2 N–H and O–H groups in total. The molecular formula is C25H25ClN4O4. The van der Waals surface area contributed by atoms with Crippen molar-refractivity contribution in [1.29, 1.82) is 0 Å². The Morgan fingerprint density at radius 2 is 2.06 bits per heavy atom. The zero-order chi connectivity index (χ0) is 23.7. The number of amides is 1. The van der Waals surface area contributed by atoms with E-state index in [9.17, 15) is 9.59 Å². The number of fused-ring (bicyclic) bond motifs is 1. The largest absolute Gasteiger partial charge is 0.491 e. The fraction of sp³-hybridized carbons (Fsp3) is 0.320. The van der Waals surface area contributed by atoms with Gasteiger partial charge in [0.05, 0.1) is 17.8 Å². The first-order chi connectivity index (χ1) is 16.5. The standard InChI is InChI=1S/C25H25ClN4O4/c1-30-20(12-16-8-5-9-21(22(16)30)33-14-15-6-3-2-4-7-15)24(31)27-19-11-10-17(26)13-18(19)23-28-25(32)34-29-23/h5,8-13,15H,2-4,6-7,14H2,1H3,(H,27,31)(H,28,29,32). The minimum Gasteiger partial charge on any atom is -0.491 e. The maximum absolute atomic E-state index is 13.3. The number of nitrogens with one attached hydrogen (secondary N) is 2. The minimum absolute atomic E-state index is 0.179. The number of aromatic nitrogens is 3. The molecule has 176 valence electrons. The van der Waals surface area contributed by atoms with E-state index in [2.05, 4.69) is 20.0 Å². The Kier molecular flexibility index (Phi) is 6.15. The van der Waals surface area contributed by atoms with Gasteiger partial charge in [0.1, 0.15) is 11.4 Å². The van der Waals surface area contributed by atoms with E-state index in [1.165, 1.54) is 32.1 Å². The van der Waals surface area contributed by atoms with E-state index >= 15 is 0 Å². The molecule has 0 radical (unpaired) electrons. The van der Waals surface area contributed by atoms with Crippen LogP contribution in [0.5, 0.6) is 5.75 Å². The molecule has 1 saturated carbocycles. The highest BCUT2D eigenvalue weighted by Gasteiger charge is 2.20. The lowest BCUT2D eigenvalue weighted by molar-refractivity contribution is 0.101. The van der Waals surface area contributed by atoms with E-state index in [4.69, 9.17) is 16.3 Å². The average Bonchev–Trinajstić information content (AvgIpc) is 3.43. The van der Waals surface area contributed by atoms with Gasteiger partial charge in [0.2, 0.25) is 0 Å². The number of rotatable bonds is 6. The van der Waals surface area contributed by atoms with E-state index in [0.717, 1.165) is 16.7 Å². The van der Waals surface area contributed by atoms with Crippen molar-refractivity contribution in [2.75, 3.05) is 11.9 Å². The normalized spacial score (nSPS) is 14.4. The molecular weight excluding hydrogens is 456 g/mol. The molecule has 8 nitrogen and oxygen atoms in total. The smallest absolute Gasteiger partial charge is 0.439 e. The number of aromatic amines is 1. The second kappa shape index (κ2) is 9.38.